The molecule has 0 unspecified atom stereocenters. The monoisotopic (exact) mass is 399 g/mol. The normalized spacial score (nSPS) is 12.5. The number of nitrogens with zero attached hydrogens (tertiary/aromatic N) is 1. The molecule has 0 heterocycles. The molecular weight excluding hydrogens is 386 g/mol. The maximum atomic E-state index is 12.7. The molecule has 7 nitrogen and oxygen atoms in total. The van der Waals surface area contributed by atoms with Crippen molar-refractivity contribution in [3.05, 3.63) is 51.6 Å². The fourth-order valence-electron chi connectivity index (χ4n) is 2.28. The van der Waals surface area contributed by atoms with Crippen LogP contribution >= 0.6 is 0 Å². The first-order valence-electron chi connectivity index (χ1n) is 6.67. The molecule has 0 radical (unpaired) electrons. The van der Waals surface area contributed by atoms with E-state index in [2.05, 4.69) is 0 Å². The first-order valence-corrected chi connectivity index (χ1v) is 11.9. The molecule has 0 amide bonds. The minimum atomic E-state index is -4.65. The molecular formula is C15H13NO6S3. The summed E-state index contributed by atoms with van der Waals surface area (Å²) in [5.74, 6) is 0. The van der Waals surface area contributed by atoms with Gasteiger partial charge in [0.15, 0.2) is 28.8 Å². The third-order valence-electron chi connectivity index (χ3n) is 3.26. The number of hydrogen-bond acceptors (Lipinski definition) is 7. The number of benzene rings is 2. The summed E-state index contributed by atoms with van der Waals surface area (Å²) in [6.07, 6.45) is 1.08. The zero-order valence-electron chi connectivity index (χ0n) is 13.2. The van der Waals surface area contributed by atoms with Crippen LogP contribution in [0.4, 0.5) is 0 Å². The van der Waals surface area contributed by atoms with Gasteiger partial charge in [0.2, 0.25) is 9.84 Å². The topological polar surface area (TPSA) is 126 Å². The number of rotatable bonds is 4. The van der Waals surface area contributed by atoms with Crippen molar-refractivity contribution >= 4 is 40.3 Å². The van der Waals surface area contributed by atoms with Gasteiger partial charge in [0, 0.05) is 12.5 Å². The Morgan fingerprint density at radius 1 is 0.840 bits per heavy atom. The molecule has 0 aromatic heterocycles. The van der Waals surface area contributed by atoms with Crippen molar-refractivity contribution in [2.75, 3.05) is 12.5 Å². The summed E-state index contributed by atoms with van der Waals surface area (Å²) in [5, 5.41) is 10.5. The Morgan fingerprint density at radius 3 is 1.84 bits per heavy atom. The number of nitriles is 1. The van der Waals surface area contributed by atoms with E-state index >= 15 is 0 Å². The van der Waals surface area contributed by atoms with Crippen LogP contribution in [0.15, 0.2) is 56.5 Å². The van der Waals surface area contributed by atoms with Crippen molar-refractivity contribution < 1.29 is 25.3 Å². The molecule has 0 aliphatic heterocycles. The van der Waals surface area contributed by atoms with Gasteiger partial charge in [0.1, 0.15) is 6.07 Å². The van der Waals surface area contributed by atoms with Gasteiger partial charge < -0.3 is 0 Å². The van der Waals surface area contributed by atoms with Crippen molar-refractivity contribution in [3.63, 3.8) is 0 Å². The lowest BCUT2D eigenvalue weighted by Gasteiger charge is -2.09. The summed E-state index contributed by atoms with van der Waals surface area (Å²) >= 11 is 0. The number of hydrogen-bond donors (Lipinski definition) is 0. The third-order valence-corrected chi connectivity index (χ3v) is 8.80. The highest BCUT2D eigenvalue weighted by molar-refractivity contribution is 8.15. The zero-order valence-corrected chi connectivity index (χ0v) is 15.6. The minimum absolute atomic E-state index is 0.368. The molecule has 0 bridgehead atoms. The highest BCUT2D eigenvalue weighted by Gasteiger charge is 2.35. The van der Waals surface area contributed by atoms with Crippen molar-refractivity contribution in [2.24, 2.45) is 0 Å². The summed E-state index contributed by atoms with van der Waals surface area (Å²) in [6.45, 7) is 0. The summed E-state index contributed by atoms with van der Waals surface area (Å²) in [4.78, 5) is -1.68. The van der Waals surface area contributed by atoms with Crippen molar-refractivity contribution in [1.29, 1.82) is 5.26 Å². The highest BCUT2D eigenvalue weighted by atomic mass is 32.3. The Morgan fingerprint density at radius 2 is 1.36 bits per heavy atom. The Balaban J connectivity index is 2.91. The van der Waals surface area contributed by atoms with Crippen LogP contribution in [-0.4, -0.2) is 37.8 Å². The predicted molar refractivity (Wildman–Crippen MR) is 93.5 cm³/mol. The smallest absolute Gasteiger partial charge is 0.218 e. The molecule has 0 fully saturated rings. The molecule has 132 valence electrons. The standard InChI is InChI=1S/C15H13NO6S3/c1-23(17,18)15(24(2,19)20)14(10-16)25(21,22)13-8-7-11-5-3-4-6-12(11)9-13/h3-9H,1-2H3. The molecule has 10 heteroatoms. The van der Waals surface area contributed by atoms with Crippen molar-refractivity contribution in [3.8, 4) is 6.07 Å². The Kier molecular flexibility index (Phi) is 4.78. The lowest BCUT2D eigenvalue weighted by Crippen LogP contribution is -2.18. The summed E-state index contributed by atoms with van der Waals surface area (Å²) < 4.78 is 71.3. The first-order chi connectivity index (χ1) is 11.4. The van der Waals surface area contributed by atoms with Gasteiger partial charge >= 0.3 is 0 Å². The van der Waals surface area contributed by atoms with Crippen LogP contribution in [0.3, 0.4) is 0 Å². The third kappa shape index (κ3) is 3.73. The summed E-state index contributed by atoms with van der Waals surface area (Å²) in [5.41, 5.74) is 0. The first kappa shape index (κ1) is 19.1. The SMILES string of the molecule is CS(=O)(=O)C(=C(C#N)S(=O)(=O)c1ccc2ccccc2c1)S(C)(=O)=O. The second-order valence-electron chi connectivity index (χ2n) is 5.29. The minimum Gasteiger partial charge on any atom is -0.223 e. The zero-order chi connectivity index (χ0) is 19.0. The van der Waals surface area contributed by atoms with E-state index in [-0.39, 0.29) is 4.90 Å². The Hall–Kier alpha value is -2.22. The second-order valence-corrected chi connectivity index (χ2v) is 11.3. The van der Waals surface area contributed by atoms with Gasteiger partial charge in [0.05, 0.1) is 4.90 Å². The van der Waals surface area contributed by atoms with Crippen LogP contribution in [-0.2, 0) is 29.5 Å². The van der Waals surface area contributed by atoms with Gasteiger partial charge in [-0.3, -0.25) is 0 Å². The fraction of sp³-hybridized carbons (Fsp3) is 0.133. The predicted octanol–water partition coefficient (Wildman–Crippen LogP) is 1.40. The Labute approximate surface area is 146 Å². The fourth-order valence-corrected chi connectivity index (χ4v) is 7.92. The van der Waals surface area contributed by atoms with Crippen molar-refractivity contribution in [1.82, 2.24) is 0 Å². The van der Waals surface area contributed by atoms with Crippen LogP contribution in [0.1, 0.15) is 0 Å². The van der Waals surface area contributed by atoms with E-state index in [1.807, 2.05) is 0 Å². The van der Waals surface area contributed by atoms with Gasteiger partial charge in [-0.1, -0.05) is 30.3 Å². The van der Waals surface area contributed by atoms with E-state index < -0.39 is 38.7 Å². The van der Waals surface area contributed by atoms with Gasteiger partial charge in [-0.05, 0) is 22.9 Å². The molecule has 0 atom stereocenters. The maximum absolute atomic E-state index is 12.7. The lowest BCUT2D eigenvalue weighted by molar-refractivity contribution is 0.595. The molecule has 2 aromatic rings. The van der Waals surface area contributed by atoms with E-state index in [1.165, 1.54) is 24.3 Å². The number of fused-ring (bicyclic) bond motifs is 1. The van der Waals surface area contributed by atoms with Gasteiger partial charge in [-0.2, -0.15) is 5.26 Å². The van der Waals surface area contributed by atoms with Crippen molar-refractivity contribution in [2.45, 2.75) is 4.90 Å². The average Bonchev–Trinajstić information content (AvgIpc) is 2.49. The van der Waals surface area contributed by atoms with Crippen LogP contribution in [0, 0.1) is 11.3 Å². The quantitative estimate of drug-likeness (QED) is 0.711. The molecule has 0 saturated heterocycles. The molecule has 0 aliphatic rings. The molecule has 0 N–H and O–H groups in total. The van der Waals surface area contributed by atoms with E-state index in [9.17, 15) is 30.5 Å². The summed E-state index contributed by atoms with van der Waals surface area (Å²) in [6, 6.07) is 12.0. The largest absolute Gasteiger partial charge is 0.223 e. The highest BCUT2D eigenvalue weighted by Crippen LogP contribution is 2.29. The molecule has 0 aliphatic carbocycles. The van der Waals surface area contributed by atoms with E-state index in [0.29, 0.717) is 17.9 Å². The average molecular weight is 399 g/mol. The molecule has 2 aromatic carbocycles. The van der Waals surface area contributed by atoms with Crippen LogP contribution < -0.4 is 0 Å². The van der Waals surface area contributed by atoms with E-state index in [4.69, 9.17) is 0 Å². The van der Waals surface area contributed by atoms with Gasteiger partial charge in [0.25, 0.3) is 0 Å². The molecule has 0 saturated carbocycles. The maximum Gasteiger partial charge on any atom is 0.218 e. The molecule has 2 rings (SSSR count). The van der Waals surface area contributed by atoms with Crippen LogP contribution in [0.5, 0.6) is 0 Å². The lowest BCUT2D eigenvalue weighted by atomic mass is 10.1. The molecule has 25 heavy (non-hydrogen) atoms. The van der Waals surface area contributed by atoms with E-state index in [1.54, 1.807) is 24.3 Å². The van der Waals surface area contributed by atoms with Gasteiger partial charge in [-0.25, -0.2) is 25.3 Å². The molecule has 0 spiro atoms. The van der Waals surface area contributed by atoms with Crippen LogP contribution in [0.2, 0.25) is 0 Å². The summed E-state index contributed by atoms with van der Waals surface area (Å²) in [7, 11) is -13.6. The van der Waals surface area contributed by atoms with E-state index in [0.717, 1.165) is 5.39 Å². The van der Waals surface area contributed by atoms with Gasteiger partial charge in [-0.15, -0.1) is 0 Å². The van der Waals surface area contributed by atoms with Crippen LogP contribution in [0.25, 0.3) is 10.8 Å². The second kappa shape index (κ2) is 6.25. The number of allylic oxidation sites excluding steroid dienone is 1. The number of sulfone groups is 3. The Bertz CT molecular complexity index is 1210.